The first-order valence-corrected chi connectivity index (χ1v) is 29.7. The maximum Gasteiger partial charge on any atom is 0.249 e. The van der Waals surface area contributed by atoms with Gasteiger partial charge in [0.25, 0.3) is 0 Å². The lowest BCUT2D eigenvalue weighted by Crippen LogP contribution is -2.48. The summed E-state index contributed by atoms with van der Waals surface area (Å²) in [5, 5.41) is 11.0. The fraction of sp³-hybridized carbons (Fsp3) is 0.120. The van der Waals surface area contributed by atoms with Crippen molar-refractivity contribution in [3.05, 3.63) is 124 Å². The van der Waals surface area contributed by atoms with Crippen molar-refractivity contribution < 1.29 is 38.7 Å². The van der Waals surface area contributed by atoms with E-state index >= 15 is 0 Å². The predicted molar refractivity (Wildman–Crippen MR) is 279 cm³/mol. The molecule has 0 radical (unpaired) electrons. The summed E-state index contributed by atoms with van der Waals surface area (Å²) in [5.41, 5.74) is 0.270. The molecule has 7 aromatic rings. The Kier molecular flexibility index (Phi) is 8.96. The van der Waals surface area contributed by atoms with E-state index in [1.54, 1.807) is 35.6 Å². The zero-order chi connectivity index (χ0) is 47.5. The summed E-state index contributed by atoms with van der Waals surface area (Å²) in [4.78, 5) is 123. The SMILES string of the molecule is O=C1C=C(O)C1=c1cc2sc(=C3C(=O)C(C4C=c5sc(=C6C(=O)C(C7C=c8sc(=C9C(=O)C(C%10C=c%11sc(=c%12c(=O)c(=c%13cc%14c(s%13)=CC=[S+]%14)c%12=O)cc%11S%10)C9=O)cc8S7)C6=O)cc5S4)C3=O)cc2s1. The van der Waals surface area contributed by atoms with Crippen molar-refractivity contribution in [1.29, 1.82) is 0 Å². The van der Waals surface area contributed by atoms with E-state index in [1.165, 1.54) is 109 Å². The van der Waals surface area contributed by atoms with Crippen molar-refractivity contribution in [1.82, 2.24) is 0 Å². The second-order valence-electron chi connectivity index (χ2n) is 17.4. The number of aliphatic hydroxyl groups is 1. The molecule has 10 nitrogen and oxygen atoms in total. The van der Waals surface area contributed by atoms with Gasteiger partial charge in [0, 0.05) is 98.8 Å². The van der Waals surface area contributed by atoms with Gasteiger partial charge in [-0.25, -0.2) is 0 Å². The molecule has 4 aliphatic heterocycles. The minimum absolute atomic E-state index is 0.0445. The van der Waals surface area contributed by atoms with E-state index in [0.717, 1.165) is 47.1 Å². The molecule has 15 rings (SSSR count). The molecule has 3 atom stereocenters. The first kappa shape index (κ1) is 42.5. The highest BCUT2D eigenvalue weighted by Crippen LogP contribution is 2.44. The zero-order valence-electron chi connectivity index (χ0n) is 34.6. The van der Waals surface area contributed by atoms with Crippen LogP contribution in [0.1, 0.15) is 0 Å². The van der Waals surface area contributed by atoms with Crippen LogP contribution in [0.25, 0.3) is 56.0 Å². The molecule has 0 spiro atoms. The normalized spacial score (nSPS) is 25.6. The Morgan fingerprint density at radius 2 is 0.814 bits per heavy atom. The fourth-order valence-electron chi connectivity index (χ4n) is 10.1. The van der Waals surface area contributed by atoms with Crippen LogP contribution in [0.4, 0.5) is 0 Å². The van der Waals surface area contributed by atoms with E-state index in [0.29, 0.717) is 27.2 Å². The molecule has 6 aromatic heterocycles. The lowest BCUT2D eigenvalue weighted by atomic mass is 9.75. The Morgan fingerprint density at radius 3 is 1.23 bits per heavy atom. The molecule has 8 aliphatic rings. The molecule has 10 heterocycles. The molecule has 1 aromatic carbocycles. The Morgan fingerprint density at radius 1 is 0.429 bits per heavy atom. The van der Waals surface area contributed by atoms with Crippen LogP contribution in [-0.4, -0.2) is 66.7 Å². The number of thioether (sulfide) groups is 3. The molecule has 0 bridgehead atoms. The van der Waals surface area contributed by atoms with E-state index in [9.17, 15) is 48.3 Å². The quantitative estimate of drug-likeness (QED) is 0.152. The largest absolute Gasteiger partial charge is 0.507 e. The van der Waals surface area contributed by atoms with Gasteiger partial charge in [-0.05, 0) is 30.3 Å². The minimum Gasteiger partial charge on any atom is -0.507 e. The number of fused-ring (bicyclic) bond motifs is 5. The Hall–Kier alpha value is -5.13. The number of aliphatic hydroxyl groups excluding tert-OH is 1. The van der Waals surface area contributed by atoms with Gasteiger partial charge in [-0.15, -0.1) is 103 Å². The Bertz CT molecular complexity index is 4720. The van der Waals surface area contributed by atoms with Gasteiger partial charge < -0.3 is 5.11 Å². The fourth-order valence-corrected chi connectivity index (χ4v) is 23.0. The van der Waals surface area contributed by atoms with Crippen LogP contribution in [0.2, 0.25) is 0 Å². The Labute approximate surface area is 428 Å². The molecule has 4 aliphatic carbocycles. The van der Waals surface area contributed by atoms with Crippen LogP contribution in [0.5, 0.6) is 0 Å². The maximum absolute atomic E-state index is 13.7. The van der Waals surface area contributed by atoms with Crippen LogP contribution in [0.3, 0.4) is 0 Å². The van der Waals surface area contributed by atoms with Crippen molar-refractivity contribution in [2.75, 3.05) is 0 Å². The van der Waals surface area contributed by atoms with Crippen LogP contribution in [-0.2, 0) is 44.9 Å². The highest BCUT2D eigenvalue weighted by atomic mass is 32.2. The van der Waals surface area contributed by atoms with E-state index in [4.69, 9.17) is 0 Å². The van der Waals surface area contributed by atoms with Crippen LogP contribution in [0.15, 0.2) is 77.4 Å². The molecular formula is C50H19O10S10+. The molecule has 0 saturated heterocycles. The van der Waals surface area contributed by atoms with Gasteiger partial charge in [0.2, 0.25) is 27.1 Å². The van der Waals surface area contributed by atoms with Gasteiger partial charge in [-0.3, -0.25) is 43.2 Å². The molecule has 70 heavy (non-hydrogen) atoms. The van der Waals surface area contributed by atoms with Crippen LogP contribution >= 0.6 is 103 Å². The summed E-state index contributed by atoms with van der Waals surface area (Å²) in [5.74, 6) is -4.21. The molecule has 0 amide bonds. The Balaban J connectivity index is 0.636. The highest BCUT2D eigenvalue weighted by Gasteiger charge is 2.53. The number of allylic oxidation sites excluding steroid dienone is 2. The van der Waals surface area contributed by atoms with Gasteiger partial charge in [0.1, 0.15) is 23.5 Å². The van der Waals surface area contributed by atoms with Gasteiger partial charge in [-0.2, -0.15) is 0 Å². The first-order chi connectivity index (χ1) is 33.8. The van der Waals surface area contributed by atoms with Crippen molar-refractivity contribution in [2.45, 2.75) is 35.3 Å². The van der Waals surface area contributed by atoms with Crippen LogP contribution < -0.4 is 47.1 Å². The number of hydrogen-bond donors (Lipinski definition) is 1. The second-order valence-corrected chi connectivity index (χ2v) is 28.5. The smallest absolute Gasteiger partial charge is 0.249 e. The van der Waals surface area contributed by atoms with Crippen molar-refractivity contribution >= 4 is 217 Å². The molecule has 3 unspecified atom stereocenters. The standard InChI is InChI=1S/C50H18O10S10/c51-13-3-14(52)34(13)25-5-17-18(63-25)6-27(64-17)37-45(55)38(46(37)56)29-9-21-22(67-29)10-31(68-21)41-49(59)42(50(41)60)33-12-24-23(70-33)11-32(69-24)40-47(57)39(48(40)58)30-8-20-19(66-30)7-28(65-20)36-43(53)35(44(36)54)26-4-16-15(62-26)1-2-61-16/h1-12,29-30,33,38-39,42H/p+1. The second kappa shape index (κ2) is 14.7. The third kappa shape index (κ3) is 5.73. The lowest BCUT2D eigenvalue weighted by molar-refractivity contribution is -0.134. The summed E-state index contributed by atoms with van der Waals surface area (Å²) >= 11 is 13.7. The summed E-state index contributed by atoms with van der Waals surface area (Å²) in [7, 11) is 0. The summed E-state index contributed by atoms with van der Waals surface area (Å²) in [6.45, 7) is 0. The zero-order valence-corrected chi connectivity index (χ0v) is 42.8. The summed E-state index contributed by atoms with van der Waals surface area (Å²) in [6, 6.07) is 10.9. The average Bonchev–Trinajstić information content (AvgIpc) is 4.14. The predicted octanol–water partition coefficient (Wildman–Crippen LogP) is 1.21. The van der Waals surface area contributed by atoms with Crippen molar-refractivity contribution in [3.8, 4) is 0 Å². The van der Waals surface area contributed by atoms with Crippen LogP contribution in [0, 0.1) is 37.3 Å². The van der Waals surface area contributed by atoms with Gasteiger partial charge in [-0.1, -0.05) is 18.2 Å². The molecule has 338 valence electrons. The number of carbonyl (C=O) groups is 7. The molecule has 3 saturated carbocycles. The lowest BCUT2D eigenvalue weighted by Gasteiger charge is -2.29. The number of ketones is 7. The van der Waals surface area contributed by atoms with Crippen molar-refractivity contribution in [3.63, 3.8) is 0 Å². The molecular weight excluding hydrogens is 1080 g/mol. The topological polar surface area (TPSA) is 174 Å². The average molecular weight is 1100 g/mol. The summed E-state index contributed by atoms with van der Waals surface area (Å²) < 4.78 is 8.80. The molecule has 3 fully saturated rings. The number of thiophene rings is 6. The number of carbonyl (C=O) groups excluding carboxylic acids is 7. The van der Waals surface area contributed by atoms with Gasteiger partial charge >= 0.3 is 0 Å². The minimum atomic E-state index is -0.857. The third-order valence-corrected chi connectivity index (χ3v) is 25.6. The molecule has 1 N–H and O–H groups in total. The van der Waals surface area contributed by atoms with E-state index in [1.807, 2.05) is 41.8 Å². The third-order valence-electron chi connectivity index (χ3n) is 13.6. The van der Waals surface area contributed by atoms with Gasteiger partial charge in [0.15, 0.2) is 45.9 Å². The number of rotatable bonds is 3. The summed E-state index contributed by atoms with van der Waals surface area (Å²) in [6.07, 6.45) is 8.80. The van der Waals surface area contributed by atoms with E-state index in [2.05, 4.69) is 0 Å². The number of Topliss-reactive ketones (excluding diaryl/α,β-unsaturated/α-hetero) is 6. The van der Waals surface area contributed by atoms with Crippen molar-refractivity contribution in [2.24, 2.45) is 17.8 Å². The van der Waals surface area contributed by atoms with E-state index < -0.39 is 33.5 Å². The first-order valence-electron chi connectivity index (χ1n) is 21.3. The van der Waals surface area contributed by atoms with E-state index in [-0.39, 0.29) is 89.8 Å². The molecule has 20 heteroatoms. The maximum atomic E-state index is 13.7. The van der Waals surface area contributed by atoms with Gasteiger partial charge in [0.05, 0.1) is 37.3 Å². The highest BCUT2D eigenvalue weighted by molar-refractivity contribution is 8.01. The monoisotopic (exact) mass is 1100 g/mol. The number of hydrogen-bond acceptors (Lipinski definition) is 19.